The fourth-order valence-corrected chi connectivity index (χ4v) is 2.66. The second-order valence-electron chi connectivity index (χ2n) is 5.20. The van der Waals surface area contributed by atoms with Crippen molar-refractivity contribution in [2.24, 2.45) is 0 Å². The molecule has 2 heterocycles. The zero-order valence-corrected chi connectivity index (χ0v) is 12.5. The zero-order chi connectivity index (χ0) is 15.5. The molecule has 0 aliphatic carbocycles. The van der Waals surface area contributed by atoms with E-state index in [1.807, 2.05) is 0 Å². The van der Waals surface area contributed by atoms with Crippen LogP contribution in [-0.4, -0.2) is 57.3 Å². The van der Waals surface area contributed by atoms with E-state index in [0.29, 0.717) is 32.0 Å². The first-order chi connectivity index (χ1) is 10.6. The van der Waals surface area contributed by atoms with Gasteiger partial charge in [-0.1, -0.05) is 16.8 Å². The number of benzene rings is 1. The molecule has 6 nitrogen and oxygen atoms in total. The van der Waals surface area contributed by atoms with Crippen LogP contribution in [0.4, 0.5) is 4.39 Å². The van der Waals surface area contributed by atoms with Gasteiger partial charge in [0.15, 0.2) is 0 Å². The SMILES string of the molecule is O[C@@H]1CN(CCOc2ccc(Cl)c(F)c2)C[C@H]1n1ccnn1. The standard InChI is InChI=1S/C14H16ClFN4O2/c15-11-2-1-10(7-12(11)16)22-6-5-19-8-13(14(21)9-19)20-4-3-17-18-20/h1-4,7,13-14,21H,5-6,8-9H2/t13-,14-/m1/s1. The summed E-state index contributed by atoms with van der Waals surface area (Å²) in [6, 6.07) is 4.25. The number of rotatable bonds is 5. The van der Waals surface area contributed by atoms with Gasteiger partial charge in [-0.3, -0.25) is 4.90 Å². The maximum atomic E-state index is 13.3. The number of nitrogens with zero attached hydrogens (tertiary/aromatic N) is 4. The van der Waals surface area contributed by atoms with Crippen molar-refractivity contribution in [3.8, 4) is 5.75 Å². The molecule has 1 N–H and O–H groups in total. The van der Waals surface area contributed by atoms with Crippen molar-refractivity contribution in [1.29, 1.82) is 0 Å². The van der Waals surface area contributed by atoms with Crippen LogP contribution >= 0.6 is 11.6 Å². The lowest BCUT2D eigenvalue weighted by Crippen LogP contribution is -2.27. The molecule has 1 aliphatic heterocycles. The summed E-state index contributed by atoms with van der Waals surface area (Å²) in [5, 5.41) is 17.8. The highest BCUT2D eigenvalue weighted by atomic mass is 35.5. The molecule has 0 saturated carbocycles. The fraction of sp³-hybridized carbons (Fsp3) is 0.429. The summed E-state index contributed by atoms with van der Waals surface area (Å²) in [5.74, 6) is -0.0588. The first-order valence-corrected chi connectivity index (χ1v) is 7.35. The molecule has 0 bridgehead atoms. The molecule has 0 radical (unpaired) electrons. The maximum absolute atomic E-state index is 13.3. The van der Waals surface area contributed by atoms with Gasteiger partial charge in [-0.15, -0.1) is 5.10 Å². The lowest BCUT2D eigenvalue weighted by atomic mass is 10.2. The van der Waals surface area contributed by atoms with Gasteiger partial charge < -0.3 is 9.84 Å². The highest BCUT2D eigenvalue weighted by Crippen LogP contribution is 2.22. The number of aliphatic hydroxyl groups is 1. The van der Waals surface area contributed by atoms with Crippen LogP contribution in [0.25, 0.3) is 0 Å². The molecule has 1 saturated heterocycles. The van der Waals surface area contributed by atoms with Crippen molar-refractivity contribution in [3.05, 3.63) is 41.4 Å². The molecule has 22 heavy (non-hydrogen) atoms. The van der Waals surface area contributed by atoms with E-state index >= 15 is 0 Å². The summed E-state index contributed by atoms with van der Waals surface area (Å²) < 4.78 is 20.5. The summed E-state index contributed by atoms with van der Waals surface area (Å²) in [6.07, 6.45) is 2.84. The third kappa shape index (κ3) is 3.37. The molecule has 0 spiro atoms. The molecule has 0 unspecified atom stereocenters. The second kappa shape index (κ2) is 6.60. The Hall–Kier alpha value is -1.70. The molecule has 8 heteroatoms. The fourth-order valence-electron chi connectivity index (χ4n) is 2.54. The van der Waals surface area contributed by atoms with Crippen molar-refractivity contribution in [1.82, 2.24) is 19.9 Å². The summed E-state index contributed by atoms with van der Waals surface area (Å²) >= 11 is 5.62. The minimum Gasteiger partial charge on any atom is -0.492 e. The maximum Gasteiger partial charge on any atom is 0.145 e. The predicted octanol–water partition coefficient (Wildman–Crippen LogP) is 1.37. The third-order valence-corrected chi connectivity index (χ3v) is 3.99. The first-order valence-electron chi connectivity index (χ1n) is 6.97. The second-order valence-corrected chi connectivity index (χ2v) is 5.61. The van der Waals surface area contributed by atoms with E-state index in [-0.39, 0.29) is 11.1 Å². The Morgan fingerprint density at radius 2 is 2.27 bits per heavy atom. The number of β-amino-alcohol motifs (C(OH)–C–C–N with tert-alkyl or cyclic N) is 1. The van der Waals surface area contributed by atoms with Crippen LogP contribution in [0.3, 0.4) is 0 Å². The van der Waals surface area contributed by atoms with Crippen molar-refractivity contribution >= 4 is 11.6 Å². The highest BCUT2D eigenvalue weighted by Gasteiger charge is 2.32. The van der Waals surface area contributed by atoms with Crippen LogP contribution in [0.15, 0.2) is 30.6 Å². The van der Waals surface area contributed by atoms with Gasteiger partial charge in [-0.2, -0.15) is 0 Å². The quantitative estimate of drug-likeness (QED) is 0.899. The van der Waals surface area contributed by atoms with Gasteiger partial charge in [0, 0.05) is 31.9 Å². The molecule has 1 aromatic heterocycles. The Morgan fingerprint density at radius 3 is 3.00 bits per heavy atom. The van der Waals surface area contributed by atoms with Gasteiger partial charge >= 0.3 is 0 Å². The smallest absolute Gasteiger partial charge is 0.145 e. The van der Waals surface area contributed by atoms with Crippen molar-refractivity contribution < 1.29 is 14.2 Å². The van der Waals surface area contributed by atoms with Gasteiger partial charge in [0.1, 0.15) is 18.2 Å². The number of halogens is 2. The molecule has 1 fully saturated rings. The molecule has 3 rings (SSSR count). The van der Waals surface area contributed by atoms with E-state index < -0.39 is 11.9 Å². The van der Waals surface area contributed by atoms with Crippen LogP contribution in [0.2, 0.25) is 5.02 Å². The molecule has 2 atom stereocenters. The van der Waals surface area contributed by atoms with Crippen LogP contribution in [-0.2, 0) is 0 Å². The third-order valence-electron chi connectivity index (χ3n) is 3.68. The summed E-state index contributed by atoms with van der Waals surface area (Å²) in [4.78, 5) is 2.07. The molecular formula is C14H16ClFN4O2. The highest BCUT2D eigenvalue weighted by molar-refractivity contribution is 6.30. The Kier molecular flexibility index (Phi) is 4.56. The average Bonchev–Trinajstić information content (AvgIpc) is 3.12. The van der Waals surface area contributed by atoms with E-state index in [9.17, 15) is 9.50 Å². The topological polar surface area (TPSA) is 63.4 Å². The lowest BCUT2D eigenvalue weighted by molar-refractivity contribution is 0.136. The van der Waals surface area contributed by atoms with Gasteiger partial charge in [0.25, 0.3) is 0 Å². The van der Waals surface area contributed by atoms with E-state index in [2.05, 4.69) is 15.2 Å². The number of likely N-dealkylation sites (tertiary alicyclic amines) is 1. The summed E-state index contributed by atoms with van der Waals surface area (Å²) in [5.41, 5.74) is 0. The van der Waals surface area contributed by atoms with E-state index in [4.69, 9.17) is 16.3 Å². The average molecular weight is 327 g/mol. The number of hydrogen-bond acceptors (Lipinski definition) is 5. The lowest BCUT2D eigenvalue weighted by Gasteiger charge is -2.16. The van der Waals surface area contributed by atoms with E-state index in [1.54, 1.807) is 23.1 Å². The van der Waals surface area contributed by atoms with E-state index in [1.165, 1.54) is 12.1 Å². The van der Waals surface area contributed by atoms with Crippen LogP contribution in [0.1, 0.15) is 6.04 Å². The molecule has 2 aromatic rings. The van der Waals surface area contributed by atoms with Crippen LogP contribution in [0.5, 0.6) is 5.75 Å². The Bertz CT molecular complexity index is 625. The Balaban J connectivity index is 1.49. The number of ether oxygens (including phenoxy) is 1. The largest absolute Gasteiger partial charge is 0.492 e. The molecule has 1 aromatic carbocycles. The summed E-state index contributed by atoms with van der Waals surface area (Å²) in [7, 11) is 0. The summed E-state index contributed by atoms with van der Waals surface area (Å²) in [6.45, 7) is 2.25. The van der Waals surface area contributed by atoms with Gasteiger partial charge in [-0.05, 0) is 12.1 Å². The normalized spacial score (nSPS) is 22.1. The minimum absolute atomic E-state index is 0.0747. The predicted molar refractivity (Wildman–Crippen MR) is 78.4 cm³/mol. The minimum atomic E-state index is -0.498. The molecule has 0 amide bonds. The number of aliphatic hydroxyl groups excluding tert-OH is 1. The Labute approximate surface area is 132 Å². The zero-order valence-electron chi connectivity index (χ0n) is 11.8. The van der Waals surface area contributed by atoms with Crippen LogP contribution in [0, 0.1) is 5.82 Å². The van der Waals surface area contributed by atoms with Crippen molar-refractivity contribution in [2.45, 2.75) is 12.1 Å². The molecule has 118 valence electrons. The van der Waals surface area contributed by atoms with Gasteiger partial charge in [0.2, 0.25) is 0 Å². The molecular weight excluding hydrogens is 311 g/mol. The van der Waals surface area contributed by atoms with Crippen LogP contribution < -0.4 is 4.74 Å². The van der Waals surface area contributed by atoms with Gasteiger partial charge in [0.05, 0.1) is 23.4 Å². The first kappa shape index (κ1) is 15.2. The molecule has 1 aliphatic rings. The van der Waals surface area contributed by atoms with E-state index in [0.717, 1.165) is 0 Å². The van der Waals surface area contributed by atoms with Crippen molar-refractivity contribution in [2.75, 3.05) is 26.2 Å². The number of hydrogen-bond donors (Lipinski definition) is 1. The van der Waals surface area contributed by atoms with Gasteiger partial charge in [-0.25, -0.2) is 9.07 Å². The monoisotopic (exact) mass is 326 g/mol. The Morgan fingerprint density at radius 1 is 1.41 bits per heavy atom. The number of aromatic nitrogens is 3. The van der Waals surface area contributed by atoms with Crippen molar-refractivity contribution in [3.63, 3.8) is 0 Å².